The van der Waals surface area contributed by atoms with Gasteiger partial charge in [-0.05, 0) is 37.3 Å². The van der Waals surface area contributed by atoms with Crippen molar-refractivity contribution in [2.24, 2.45) is 5.92 Å². The quantitative estimate of drug-likeness (QED) is 0.785. The van der Waals surface area contributed by atoms with Crippen molar-refractivity contribution in [2.75, 3.05) is 11.9 Å². The van der Waals surface area contributed by atoms with Crippen LogP contribution in [0, 0.1) is 5.92 Å². The van der Waals surface area contributed by atoms with Crippen LogP contribution in [-0.4, -0.2) is 29.6 Å². The molecule has 0 aliphatic heterocycles. The second kappa shape index (κ2) is 6.16. The molecule has 1 heterocycles. The minimum atomic E-state index is -0.213. The number of aliphatic hydroxyl groups excluding tert-OH is 1. The molecule has 104 valence electrons. The highest BCUT2D eigenvalue weighted by Crippen LogP contribution is 2.25. The van der Waals surface area contributed by atoms with Gasteiger partial charge < -0.3 is 15.7 Å². The van der Waals surface area contributed by atoms with E-state index in [2.05, 4.69) is 10.6 Å². The molecule has 1 saturated carbocycles. The zero-order valence-corrected chi connectivity index (χ0v) is 11.6. The third kappa shape index (κ3) is 4.04. The van der Waals surface area contributed by atoms with Crippen molar-refractivity contribution >= 4 is 28.2 Å². The Balaban J connectivity index is 1.82. The van der Waals surface area contributed by atoms with Crippen molar-refractivity contribution in [1.82, 2.24) is 5.32 Å². The lowest BCUT2D eigenvalue weighted by atomic mass is 10.1. The molecule has 1 aromatic heterocycles. The van der Waals surface area contributed by atoms with Crippen LogP contribution in [0.1, 0.15) is 35.9 Å². The SMILES string of the molecule is CC(=O)Nc1ccc(C(=O)NCC2CCC(O)C2)s1. The first kappa shape index (κ1) is 14.0. The molecule has 0 spiro atoms. The van der Waals surface area contributed by atoms with Gasteiger partial charge in [0.15, 0.2) is 0 Å². The molecule has 19 heavy (non-hydrogen) atoms. The first-order valence-electron chi connectivity index (χ1n) is 6.38. The van der Waals surface area contributed by atoms with Gasteiger partial charge >= 0.3 is 0 Å². The largest absolute Gasteiger partial charge is 0.393 e. The Labute approximate surface area is 116 Å². The predicted octanol–water partition coefficient (Wildman–Crippen LogP) is 1.60. The Morgan fingerprint density at radius 3 is 2.84 bits per heavy atom. The number of carbonyl (C=O) groups excluding carboxylic acids is 2. The van der Waals surface area contributed by atoms with Gasteiger partial charge in [0, 0.05) is 13.5 Å². The fourth-order valence-electron chi connectivity index (χ4n) is 2.26. The monoisotopic (exact) mass is 282 g/mol. The Hall–Kier alpha value is -1.40. The molecule has 0 radical (unpaired) electrons. The topological polar surface area (TPSA) is 78.4 Å². The van der Waals surface area contributed by atoms with Crippen LogP contribution in [0.3, 0.4) is 0 Å². The summed E-state index contributed by atoms with van der Waals surface area (Å²) < 4.78 is 0. The summed E-state index contributed by atoms with van der Waals surface area (Å²) in [5.41, 5.74) is 0. The number of rotatable bonds is 4. The van der Waals surface area contributed by atoms with Gasteiger partial charge in [0.1, 0.15) is 0 Å². The number of thiophene rings is 1. The van der Waals surface area contributed by atoms with Crippen LogP contribution in [0.4, 0.5) is 5.00 Å². The number of amides is 2. The Morgan fingerprint density at radius 2 is 2.21 bits per heavy atom. The smallest absolute Gasteiger partial charge is 0.261 e. The summed E-state index contributed by atoms with van der Waals surface area (Å²) in [5, 5.41) is 15.6. The number of hydrogen-bond acceptors (Lipinski definition) is 4. The molecule has 5 nitrogen and oxygen atoms in total. The molecule has 1 fully saturated rings. The molecular formula is C13H18N2O3S. The van der Waals surface area contributed by atoms with Crippen LogP contribution in [0.15, 0.2) is 12.1 Å². The van der Waals surface area contributed by atoms with Crippen molar-refractivity contribution in [1.29, 1.82) is 0 Å². The second-order valence-electron chi connectivity index (χ2n) is 4.89. The zero-order valence-electron chi connectivity index (χ0n) is 10.8. The summed E-state index contributed by atoms with van der Waals surface area (Å²) in [4.78, 5) is 23.4. The first-order chi connectivity index (χ1) is 9.04. The van der Waals surface area contributed by atoms with Crippen LogP contribution < -0.4 is 10.6 Å². The zero-order chi connectivity index (χ0) is 13.8. The van der Waals surface area contributed by atoms with Gasteiger partial charge in [-0.2, -0.15) is 0 Å². The molecule has 0 saturated heterocycles. The molecule has 2 amide bonds. The Morgan fingerprint density at radius 1 is 1.42 bits per heavy atom. The van der Waals surface area contributed by atoms with E-state index < -0.39 is 0 Å². The van der Waals surface area contributed by atoms with E-state index in [1.165, 1.54) is 18.3 Å². The predicted molar refractivity (Wildman–Crippen MR) is 74.3 cm³/mol. The van der Waals surface area contributed by atoms with Crippen LogP contribution in [-0.2, 0) is 4.79 Å². The van der Waals surface area contributed by atoms with Crippen LogP contribution in [0.2, 0.25) is 0 Å². The van der Waals surface area contributed by atoms with Crippen molar-refractivity contribution in [2.45, 2.75) is 32.3 Å². The van der Waals surface area contributed by atoms with Crippen LogP contribution in [0.25, 0.3) is 0 Å². The van der Waals surface area contributed by atoms with E-state index in [0.29, 0.717) is 22.3 Å². The van der Waals surface area contributed by atoms with E-state index in [1.807, 2.05) is 0 Å². The molecule has 1 aliphatic carbocycles. The van der Waals surface area contributed by atoms with Gasteiger partial charge in [0.25, 0.3) is 5.91 Å². The lowest BCUT2D eigenvalue weighted by Crippen LogP contribution is -2.28. The van der Waals surface area contributed by atoms with Crippen molar-refractivity contribution in [3.63, 3.8) is 0 Å². The van der Waals surface area contributed by atoms with Crippen molar-refractivity contribution in [3.8, 4) is 0 Å². The molecule has 3 N–H and O–H groups in total. The van der Waals surface area contributed by atoms with Crippen LogP contribution >= 0.6 is 11.3 Å². The first-order valence-corrected chi connectivity index (χ1v) is 7.20. The Kier molecular flexibility index (Phi) is 4.55. The summed E-state index contributed by atoms with van der Waals surface area (Å²) in [6.07, 6.45) is 2.34. The van der Waals surface area contributed by atoms with Gasteiger partial charge in [0.2, 0.25) is 5.91 Å². The van der Waals surface area contributed by atoms with Crippen LogP contribution in [0.5, 0.6) is 0 Å². The van der Waals surface area contributed by atoms with Gasteiger partial charge in [-0.3, -0.25) is 9.59 Å². The molecule has 2 rings (SSSR count). The Bertz CT molecular complexity index is 472. The average molecular weight is 282 g/mol. The maximum absolute atomic E-state index is 11.9. The third-order valence-electron chi connectivity index (χ3n) is 3.19. The number of aliphatic hydroxyl groups is 1. The van der Waals surface area contributed by atoms with Gasteiger partial charge in [0.05, 0.1) is 16.0 Å². The van der Waals surface area contributed by atoms with Gasteiger partial charge in [-0.15, -0.1) is 11.3 Å². The molecule has 0 aromatic carbocycles. The lowest BCUT2D eigenvalue weighted by molar-refractivity contribution is -0.114. The number of nitrogens with one attached hydrogen (secondary N) is 2. The second-order valence-corrected chi connectivity index (χ2v) is 5.97. The minimum Gasteiger partial charge on any atom is -0.393 e. The number of carbonyl (C=O) groups is 2. The average Bonchev–Trinajstić information content (AvgIpc) is 2.95. The van der Waals surface area contributed by atoms with Gasteiger partial charge in [-0.25, -0.2) is 0 Å². The minimum absolute atomic E-state index is 0.122. The molecule has 1 aromatic rings. The summed E-state index contributed by atoms with van der Waals surface area (Å²) >= 11 is 1.26. The normalized spacial score (nSPS) is 22.2. The van der Waals surface area contributed by atoms with Crippen molar-refractivity contribution < 1.29 is 14.7 Å². The van der Waals surface area contributed by atoms with E-state index in [1.54, 1.807) is 12.1 Å². The van der Waals surface area contributed by atoms with Crippen molar-refractivity contribution in [3.05, 3.63) is 17.0 Å². The lowest BCUT2D eigenvalue weighted by Gasteiger charge is -2.09. The van der Waals surface area contributed by atoms with E-state index in [0.717, 1.165) is 19.3 Å². The van der Waals surface area contributed by atoms with E-state index in [9.17, 15) is 14.7 Å². The number of hydrogen-bond donors (Lipinski definition) is 3. The summed E-state index contributed by atoms with van der Waals surface area (Å²) in [5.74, 6) is 0.102. The van der Waals surface area contributed by atoms with E-state index in [4.69, 9.17) is 0 Å². The molecule has 2 unspecified atom stereocenters. The highest BCUT2D eigenvalue weighted by Gasteiger charge is 2.23. The molecule has 0 bridgehead atoms. The summed E-state index contributed by atoms with van der Waals surface area (Å²) in [6.45, 7) is 2.04. The van der Waals surface area contributed by atoms with E-state index >= 15 is 0 Å². The standard InChI is InChI=1S/C13H18N2O3S/c1-8(16)15-12-5-4-11(19-12)13(18)14-7-9-2-3-10(17)6-9/h4-5,9-10,17H,2-3,6-7H2,1H3,(H,14,18)(H,15,16). The highest BCUT2D eigenvalue weighted by atomic mass is 32.1. The molecular weight excluding hydrogens is 264 g/mol. The molecule has 2 atom stereocenters. The fourth-order valence-corrected chi connectivity index (χ4v) is 3.13. The molecule has 6 heteroatoms. The summed E-state index contributed by atoms with van der Waals surface area (Å²) in [6, 6.07) is 3.43. The van der Waals surface area contributed by atoms with Gasteiger partial charge in [-0.1, -0.05) is 0 Å². The molecule has 1 aliphatic rings. The maximum Gasteiger partial charge on any atom is 0.261 e. The number of anilines is 1. The maximum atomic E-state index is 11.9. The fraction of sp³-hybridized carbons (Fsp3) is 0.538. The third-order valence-corrected chi connectivity index (χ3v) is 4.19. The van der Waals surface area contributed by atoms with E-state index in [-0.39, 0.29) is 17.9 Å². The summed E-state index contributed by atoms with van der Waals surface area (Å²) in [7, 11) is 0. The highest BCUT2D eigenvalue weighted by molar-refractivity contribution is 7.18.